The number of thiazole rings is 1. The van der Waals surface area contributed by atoms with Crippen LogP contribution in [0.5, 0.6) is 0 Å². The molecular weight excluding hydrogens is 271 g/mol. The third-order valence-corrected chi connectivity index (χ3v) is 4.09. The molecular formula is C13H15LiN2O3S. The largest absolute Gasteiger partial charge is 1.00 e. The summed E-state index contributed by atoms with van der Waals surface area (Å²) in [6.07, 6.45) is 1.46. The molecule has 5 nitrogen and oxygen atoms in total. The molecule has 1 aliphatic rings. The van der Waals surface area contributed by atoms with Crippen LogP contribution in [0.1, 0.15) is 19.8 Å². The SMILES string of the molecule is Nc1nc(-c2ccc(C3(C(=O)O)CC3)cc2)cs1.O.[H-].[Li+]. The molecule has 0 unspecified atom stereocenters. The van der Waals surface area contributed by atoms with Crippen LogP contribution in [0, 0.1) is 0 Å². The van der Waals surface area contributed by atoms with Crippen molar-refractivity contribution in [2.75, 3.05) is 5.73 Å². The van der Waals surface area contributed by atoms with Crippen molar-refractivity contribution in [1.29, 1.82) is 0 Å². The van der Waals surface area contributed by atoms with Crippen molar-refractivity contribution in [3.63, 3.8) is 0 Å². The number of nitrogens with two attached hydrogens (primary N) is 1. The molecule has 1 heterocycles. The first-order valence-electron chi connectivity index (χ1n) is 5.67. The molecule has 0 saturated heterocycles. The van der Waals surface area contributed by atoms with Crippen molar-refractivity contribution in [2.45, 2.75) is 18.3 Å². The van der Waals surface area contributed by atoms with E-state index in [1.165, 1.54) is 11.3 Å². The summed E-state index contributed by atoms with van der Waals surface area (Å²) in [4.78, 5) is 15.4. The number of rotatable bonds is 3. The smallest absolute Gasteiger partial charge is 1.00 e. The molecule has 1 aliphatic carbocycles. The van der Waals surface area contributed by atoms with E-state index in [0.717, 1.165) is 29.7 Å². The molecule has 20 heavy (non-hydrogen) atoms. The van der Waals surface area contributed by atoms with Crippen LogP contribution in [0.15, 0.2) is 29.6 Å². The fourth-order valence-corrected chi connectivity index (χ4v) is 2.70. The van der Waals surface area contributed by atoms with E-state index in [0.29, 0.717) is 5.13 Å². The second-order valence-corrected chi connectivity index (χ2v) is 5.43. The molecule has 0 aliphatic heterocycles. The number of anilines is 1. The molecule has 0 atom stereocenters. The number of carboxylic acid groups (broad SMARTS) is 1. The van der Waals surface area contributed by atoms with Gasteiger partial charge in [0.05, 0.1) is 11.1 Å². The number of hydrogen-bond acceptors (Lipinski definition) is 4. The van der Waals surface area contributed by atoms with E-state index in [1.54, 1.807) is 0 Å². The Hall–Kier alpha value is -1.32. The van der Waals surface area contributed by atoms with E-state index < -0.39 is 11.4 Å². The van der Waals surface area contributed by atoms with Crippen LogP contribution in [-0.2, 0) is 10.2 Å². The Labute approximate surface area is 133 Å². The molecule has 102 valence electrons. The molecule has 2 aromatic rings. The second-order valence-electron chi connectivity index (χ2n) is 4.54. The summed E-state index contributed by atoms with van der Waals surface area (Å²) in [7, 11) is 0. The predicted molar refractivity (Wildman–Crippen MR) is 75.2 cm³/mol. The van der Waals surface area contributed by atoms with Gasteiger partial charge in [-0.2, -0.15) is 0 Å². The summed E-state index contributed by atoms with van der Waals surface area (Å²) >= 11 is 1.40. The zero-order valence-electron chi connectivity index (χ0n) is 12.1. The molecule has 1 aromatic heterocycles. The van der Waals surface area contributed by atoms with Gasteiger partial charge in [-0.25, -0.2) is 4.98 Å². The Balaban J connectivity index is 0.00000133. The van der Waals surface area contributed by atoms with Crippen LogP contribution < -0.4 is 24.6 Å². The summed E-state index contributed by atoms with van der Waals surface area (Å²) in [5.41, 5.74) is 7.63. The average Bonchev–Trinajstić information content (AvgIpc) is 3.07. The van der Waals surface area contributed by atoms with Crippen LogP contribution in [0.25, 0.3) is 11.3 Å². The molecule has 1 fully saturated rings. The zero-order chi connectivity index (χ0) is 12.8. The first-order chi connectivity index (χ1) is 8.62. The molecule has 0 amide bonds. The van der Waals surface area contributed by atoms with Gasteiger partial charge >= 0.3 is 24.8 Å². The van der Waals surface area contributed by atoms with E-state index in [1.807, 2.05) is 29.6 Å². The fraction of sp³-hybridized carbons (Fsp3) is 0.231. The van der Waals surface area contributed by atoms with Gasteiger partial charge in [0, 0.05) is 10.9 Å². The third kappa shape index (κ3) is 2.74. The van der Waals surface area contributed by atoms with Crippen LogP contribution in [0.3, 0.4) is 0 Å². The third-order valence-electron chi connectivity index (χ3n) is 3.41. The minimum Gasteiger partial charge on any atom is -1.00 e. The van der Waals surface area contributed by atoms with Gasteiger partial charge < -0.3 is 17.7 Å². The van der Waals surface area contributed by atoms with E-state index in [2.05, 4.69) is 4.98 Å². The minimum atomic E-state index is -0.729. The zero-order valence-corrected chi connectivity index (χ0v) is 11.9. The number of aromatic nitrogens is 1. The van der Waals surface area contributed by atoms with Crippen molar-refractivity contribution in [2.24, 2.45) is 0 Å². The average molecular weight is 286 g/mol. The number of aliphatic carboxylic acids is 1. The van der Waals surface area contributed by atoms with Gasteiger partial charge in [-0.1, -0.05) is 24.3 Å². The molecule has 1 saturated carbocycles. The first-order valence-corrected chi connectivity index (χ1v) is 6.55. The van der Waals surface area contributed by atoms with Gasteiger partial charge in [-0.05, 0) is 18.4 Å². The second kappa shape index (κ2) is 5.98. The predicted octanol–water partition coefficient (Wildman–Crippen LogP) is -1.20. The van der Waals surface area contributed by atoms with Gasteiger partial charge in [0.2, 0.25) is 0 Å². The van der Waals surface area contributed by atoms with Gasteiger partial charge in [-0.3, -0.25) is 4.79 Å². The van der Waals surface area contributed by atoms with Crippen molar-refractivity contribution in [1.82, 2.24) is 4.98 Å². The van der Waals surface area contributed by atoms with E-state index in [-0.39, 0.29) is 25.8 Å². The fourth-order valence-electron chi connectivity index (χ4n) is 2.13. The Kier molecular flexibility index (Phi) is 5.00. The van der Waals surface area contributed by atoms with E-state index >= 15 is 0 Å². The Morgan fingerprint density at radius 3 is 2.35 bits per heavy atom. The van der Waals surface area contributed by atoms with Gasteiger partial charge in [0.1, 0.15) is 0 Å². The molecule has 0 radical (unpaired) electrons. The van der Waals surface area contributed by atoms with Crippen LogP contribution in [-0.4, -0.2) is 21.5 Å². The van der Waals surface area contributed by atoms with Crippen LogP contribution in [0.2, 0.25) is 0 Å². The van der Waals surface area contributed by atoms with Gasteiger partial charge in [-0.15, -0.1) is 11.3 Å². The monoisotopic (exact) mass is 286 g/mol. The summed E-state index contributed by atoms with van der Waals surface area (Å²) < 4.78 is 0. The standard InChI is InChI=1S/C13H12N2O2S.Li.H2O.H/c14-12-15-10(7-18-12)8-1-3-9(4-2-8)13(5-6-13)11(16)17;;;/h1-4,7H,5-6H2,(H2,14,15)(H,16,17);;1H2;/q;+1;;-1. The van der Waals surface area contributed by atoms with Crippen molar-refractivity contribution >= 4 is 22.4 Å². The number of nitrogens with zero attached hydrogens (tertiary/aromatic N) is 1. The Morgan fingerprint density at radius 1 is 1.35 bits per heavy atom. The maximum atomic E-state index is 11.2. The summed E-state index contributed by atoms with van der Waals surface area (Å²) in [5.74, 6) is -0.729. The summed E-state index contributed by atoms with van der Waals surface area (Å²) in [6, 6.07) is 7.58. The van der Waals surface area contributed by atoms with Crippen molar-refractivity contribution < 1.29 is 35.7 Å². The van der Waals surface area contributed by atoms with Gasteiger partial charge in [0.15, 0.2) is 5.13 Å². The quantitative estimate of drug-likeness (QED) is 0.691. The number of hydrogen-bond donors (Lipinski definition) is 2. The Bertz CT molecular complexity index is 614. The van der Waals surface area contributed by atoms with Crippen molar-refractivity contribution in [3.8, 4) is 11.3 Å². The summed E-state index contributed by atoms with van der Waals surface area (Å²) in [5, 5.41) is 11.7. The van der Waals surface area contributed by atoms with Crippen LogP contribution in [0.4, 0.5) is 5.13 Å². The van der Waals surface area contributed by atoms with Gasteiger partial charge in [0.25, 0.3) is 0 Å². The minimum absolute atomic E-state index is 0. The number of carbonyl (C=O) groups is 1. The first kappa shape index (κ1) is 16.7. The van der Waals surface area contributed by atoms with E-state index in [4.69, 9.17) is 5.73 Å². The molecule has 1 aromatic carbocycles. The maximum Gasteiger partial charge on any atom is 1.00 e. The maximum absolute atomic E-state index is 11.2. The molecule has 0 spiro atoms. The molecule has 0 bridgehead atoms. The number of benzene rings is 1. The number of nitrogen functional groups attached to an aromatic ring is 1. The number of carboxylic acids is 1. The van der Waals surface area contributed by atoms with Crippen LogP contribution >= 0.6 is 11.3 Å². The van der Waals surface area contributed by atoms with E-state index in [9.17, 15) is 9.90 Å². The summed E-state index contributed by atoms with van der Waals surface area (Å²) in [6.45, 7) is 0. The molecule has 3 rings (SSSR count). The normalized spacial score (nSPS) is 14.8. The molecule has 7 heteroatoms. The van der Waals surface area contributed by atoms with Crippen molar-refractivity contribution in [3.05, 3.63) is 35.2 Å². The topological polar surface area (TPSA) is 108 Å². The molecule has 5 N–H and O–H groups in total. The Morgan fingerprint density at radius 2 is 1.95 bits per heavy atom.